The molecule has 0 N–H and O–H groups in total. The SMILES string of the molecule is CCO[SiH](OCC)OS(O[SiH](OCC)OCC)(c1ccccc1)c1ccccc1. The Kier molecular flexibility index (Phi) is 11.1. The van der Waals surface area contributed by atoms with Gasteiger partial charge in [0.25, 0.3) is 0 Å². The summed E-state index contributed by atoms with van der Waals surface area (Å²) in [6.07, 6.45) is 0. The van der Waals surface area contributed by atoms with Gasteiger partial charge in [-0.15, -0.1) is 10.6 Å². The van der Waals surface area contributed by atoms with Gasteiger partial charge < -0.3 is 17.7 Å². The van der Waals surface area contributed by atoms with E-state index in [1.807, 2.05) is 88.4 Å². The molecule has 162 valence electrons. The first kappa shape index (κ1) is 24.3. The van der Waals surface area contributed by atoms with Crippen LogP contribution in [0.1, 0.15) is 27.7 Å². The third-order valence-electron chi connectivity index (χ3n) is 3.75. The van der Waals surface area contributed by atoms with Crippen molar-refractivity contribution in [2.45, 2.75) is 37.5 Å². The monoisotopic (exact) mass is 456 g/mol. The summed E-state index contributed by atoms with van der Waals surface area (Å²) >= 11 is 0. The molecule has 0 aliphatic carbocycles. The molecule has 2 aromatic carbocycles. The minimum Gasteiger partial charge on any atom is -0.375 e. The Morgan fingerprint density at radius 3 is 1.14 bits per heavy atom. The summed E-state index contributed by atoms with van der Waals surface area (Å²) in [6.45, 7) is 9.77. The lowest BCUT2D eigenvalue weighted by Gasteiger charge is -2.46. The summed E-state index contributed by atoms with van der Waals surface area (Å²) in [5, 5.41) is 0. The van der Waals surface area contributed by atoms with Gasteiger partial charge in [-0.05, 0) is 52.0 Å². The van der Waals surface area contributed by atoms with Crippen LogP contribution in [0.3, 0.4) is 0 Å². The maximum atomic E-state index is 6.64. The van der Waals surface area contributed by atoms with E-state index in [0.29, 0.717) is 26.4 Å². The van der Waals surface area contributed by atoms with Crippen LogP contribution >= 0.6 is 10.6 Å². The van der Waals surface area contributed by atoms with Gasteiger partial charge in [0.05, 0.1) is 9.79 Å². The number of hydrogen-bond acceptors (Lipinski definition) is 6. The predicted octanol–water partition coefficient (Wildman–Crippen LogP) is 4.35. The Balaban J connectivity index is 2.57. The highest BCUT2D eigenvalue weighted by atomic mass is 32.3. The van der Waals surface area contributed by atoms with Gasteiger partial charge in [-0.2, -0.15) is 0 Å². The van der Waals surface area contributed by atoms with Crippen molar-refractivity contribution >= 4 is 29.6 Å². The van der Waals surface area contributed by atoms with Crippen LogP contribution in [0.2, 0.25) is 0 Å². The van der Waals surface area contributed by atoms with Crippen LogP contribution in [-0.4, -0.2) is 45.5 Å². The summed E-state index contributed by atoms with van der Waals surface area (Å²) in [7, 11) is -7.37. The highest BCUT2D eigenvalue weighted by Crippen LogP contribution is 2.65. The molecule has 29 heavy (non-hydrogen) atoms. The molecule has 0 aromatic heterocycles. The average Bonchev–Trinajstić information content (AvgIpc) is 2.75. The van der Waals surface area contributed by atoms with Crippen molar-refractivity contribution in [2.75, 3.05) is 26.4 Å². The fraction of sp³-hybridized carbons (Fsp3) is 0.400. The molecule has 2 aromatic rings. The Bertz CT molecular complexity index is 608. The Morgan fingerprint density at radius 2 is 0.862 bits per heavy atom. The van der Waals surface area contributed by atoms with E-state index in [1.165, 1.54) is 0 Å². The zero-order chi connectivity index (χ0) is 21.0. The summed E-state index contributed by atoms with van der Waals surface area (Å²) in [5.41, 5.74) is 0. The zero-order valence-electron chi connectivity index (χ0n) is 17.6. The minimum absolute atomic E-state index is 0.508. The number of hydrogen-bond donors (Lipinski definition) is 0. The molecule has 0 spiro atoms. The van der Waals surface area contributed by atoms with Gasteiger partial charge in [0, 0.05) is 26.4 Å². The minimum atomic E-state index is -2.47. The highest BCUT2D eigenvalue weighted by molar-refractivity contribution is 8.27. The van der Waals surface area contributed by atoms with Gasteiger partial charge in [0.2, 0.25) is 0 Å². The number of rotatable bonds is 14. The topological polar surface area (TPSA) is 55.4 Å². The molecule has 0 amide bonds. The zero-order valence-corrected chi connectivity index (χ0v) is 20.7. The lowest BCUT2D eigenvalue weighted by molar-refractivity contribution is 0.139. The molecule has 0 saturated carbocycles. The second kappa shape index (κ2) is 13.3. The van der Waals surface area contributed by atoms with Crippen molar-refractivity contribution < 1.29 is 25.4 Å². The normalized spacial score (nSPS) is 12.6. The third-order valence-corrected chi connectivity index (χ3v) is 11.4. The molecule has 0 atom stereocenters. The predicted molar refractivity (Wildman–Crippen MR) is 120 cm³/mol. The molecule has 9 heteroatoms. The summed E-state index contributed by atoms with van der Waals surface area (Å²) in [5.74, 6) is 0. The highest BCUT2D eigenvalue weighted by Gasteiger charge is 2.37. The van der Waals surface area contributed by atoms with Gasteiger partial charge >= 0.3 is 19.1 Å². The molecule has 0 heterocycles. The van der Waals surface area contributed by atoms with Crippen LogP contribution in [0.5, 0.6) is 0 Å². The third kappa shape index (κ3) is 7.02. The lowest BCUT2D eigenvalue weighted by Crippen LogP contribution is -2.35. The van der Waals surface area contributed by atoms with Crippen LogP contribution in [0.15, 0.2) is 70.5 Å². The van der Waals surface area contributed by atoms with Gasteiger partial charge in [0.15, 0.2) is 0 Å². The van der Waals surface area contributed by atoms with Crippen molar-refractivity contribution in [1.29, 1.82) is 0 Å². The molecule has 0 radical (unpaired) electrons. The van der Waals surface area contributed by atoms with Crippen molar-refractivity contribution in [1.82, 2.24) is 0 Å². The van der Waals surface area contributed by atoms with E-state index in [1.54, 1.807) is 0 Å². The molecule has 0 fully saturated rings. The fourth-order valence-electron chi connectivity index (χ4n) is 2.55. The first-order valence-electron chi connectivity index (χ1n) is 9.96. The smallest absolute Gasteiger partial charge is 0.375 e. The van der Waals surface area contributed by atoms with Crippen molar-refractivity contribution in [3.8, 4) is 0 Å². The van der Waals surface area contributed by atoms with Gasteiger partial charge in [-0.1, -0.05) is 36.4 Å². The maximum absolute atomic E-state index is 6.64. The van der Waals surface area contributed by atoms with E-state index in [2.05, 4.69) is 0 Å². The van der Waals surface area contributed by atoms with Crippen LogP contribution in [0.4, 0.5) is 0 Å². The maximum Gasteiger partial charge on any atom is 0.504 e. The molecule has 6 nitrogen and oxygen atoms in total. The number of benzene rings is 2. The molecule has 0 aliphatic heterocycles. The van der Waals surface area contributed by atoms with E-state index in [-0.39, 0.29) is 0 Å². The fourth-order valence-corrected chi connectivity index (χ4v) is 10.2. The standard InChI is InChI=1S/C20H32O6SSi2/c1-5-21-28(22-6-2)25-27(19-15-11-9-12-16-19,20-17-13-10-14-18-20)26-29(23-7-3)24-8-4/h9-18,28-29H,5-8H2,1-4H3. The quantitative estimate of drug-likeness (QED) is 0.394. The van der Waals surface area contributed by atoms with E-state index in [0.717, 1.165) is 9.79 Å². The van der Waals surface area contributed by atoms with Crippen LogP contribution in [0.25, 0.3) is 0 Å². The Hall–Kier alpha value is -1.02. The van der Waals surface area contributed by atoms with Crippen molar-refractivity contribution in [3.05, 3.63) is 60.7 Å². The van der Waals surface area contributed by atoms with E-state index in [4.69, 9.17) is 25.4 Å². The molecule has 0 bridgehead atoms. The summed E-state index contributed by atoms with van der Waals surface area (Å²) in [6, 6.07) is 19.9. The van der Waals surface area contributed by atoms with E-state index < -0.39 is 29.6 Å². The first-order chi connectivity index (χ1) is 14.2. The van der Waals surface area contributed by atoms with Gasteiger partial charge in [-0.3, -0.25) is 7.74 Å². The largest absolute Gasteiger partial charge is 0.504 e. The first-order valence-corrected chi connectivity index (χ1v) is 14.3. The second-order valence-corrected chi connectivity index (χ2v) is 11.7. The average molecular weight is 457 g/mol. The van der Waals surface area contributed by atoms with Crippen LogP contribution in [-0.2, 0) is 25.4 Å². The lowest BCUT2D eigenvalue weighted by atomic mass is 10.4. The molecule has 0 unspecified atom stereocenters. The Morgan fingerprint density at radius 1 is 0.552 bits per heavy atom. The van der Waals surface area contributed by atoms with Gasteiger partial charge in [0.1, 0.15) is 0 Å². The second-order valence-electron chi connectivity index (χ2n) is 5.72. The van der Waals surface area contributed by atoms with Crippen LogP contribution in [0, 0.1) is 0 Å². The molecular formula is C20H32O6SSi2. The van der Waals surface area contributed by atoms with Crippen molar-refractivity contribution in [2.24, 2.45) is 0 Å². The van der Waals surface area contributed by atoms with Crippen LogP contribution < -0.4 is 0 Å². The molecule has 0 aliphatic rings. The van der Waals surface area contributed by atoms with E-state index in [9.17, 15) is 0 Å². The summed E-state index contributed by atoms with van der Waals surface area (Å²) in [4.78, 5) is 1.83. The summed E-state index contributed by atoms with van der Waals surface area (Å²) < 4.78 is 36.7. The Labute approximate surface area is 179 Å². The molecular weight excluding hydrogens is 424 g/mol. The molecule has 0 saturated heterocycles. The van der Waals surface area contributed by atoms with Gasteiger partial charge in [-0.25, -0.2) is 0 Å². The molecule has 2 rings (SSSR count). The van der Waals surface area contributed by atoms with E-state index >= 15 is 0 Å². The van der Waals surface area contributed by atoms with Crippen molar-refractivity contribution in [3.63, 3.8) is 0 Å².